The number of nitrogens with two attached hydrogens (primary N) is 1. The van der Waals surface area contributed by atoms with Gasteiger partial charge in [-0.2, -0.15) is 5.10 Å². The molecule has 2 N–H and O–H groups in total. The predicted octanol–water partition coefficient (Wildman–Crippen LogP) is 1.38. The van der Waals surface area contributed by atoms with Gasteiger partial charge in [0, 0.05) is 12.6 Å². The Morgan fingerprint density at radius 1 is 1.50 bits per heavy atom. The Bertz CT molecular complexity index is 607. The highest BCUT2D eigenvalue weighted by Gasteiger charge is 2.20. The average Bonchev–Trinajstić information content (AvgIpc) is 2.73. The number of ketones is 1. The number of aromatic nitrogens is 2. The molecule has 0 fully saturated rings. The third kappa shape index (κ3) is 1.92. The van der Waals surface area contributed by atoms with Crippen LogP contribution in [0.4, 0.5) is 10.1 Å². The van der Waals surface area contributed by atoms with Crippen molar-refractivity contribution in [2.45, 2.75) is 0 Å². The van der Waals surface area contributed by atoms with Gasteiger partial charge in [-0.05, 0) is 18.2 Å². The number of hydrogen-bond acceptors (Lipinski definition) is 4. The number of ether oxygens (including phenoxy) is 1. The first kappa shape index (κ1) is 12.1. The number of nitrogens with zero attached hydrogens (tertiary/aromatic N) is 2. The molecule has 0 aliphatic heterocycles. The molecule has 0 saturated heterocycles. The third-order valence-corrected chi connectivity index (χ3v) is 2.60. The first-order valence-corrected chi connectivity index (χ1v) is 5.20. The van der Waals surface area contributed by atoms with Crippen LogP contribution in [0.5, 0.6) is 5.75 Å². The monoisotopic (exact) mass is 249 g/mol. The summed E-state index contributed by atoms with van der Waals surface area (Å²) in [5.41, 5.74) is 5.83. The molecule has 0 aliphatic rings. The summed E-state index contributed by atoms with van der Waals surface area (Å²) in [4.78, 5) is 12.2. The van der Waals surface area contributed by atoms with E-state index in [9.17, 15) is 9.18 Å². The number of nitrogen functional groups attached to an aromatic ring is 1. The first-order valence-electron chi connectivity index (χ1n) is 5.20. The van der Waals surface area contributed by atoms with Gasteiger partial charge < -0.3 is 10.5 Å². The normalized spacial score (nSPS) is 10.4. The van der Waals surface area contributed by atoms with Crippen molar-refractivity contribution in [3.8, 4) is 5.75 Å². The highest BCUT2D eigenvalue weighted by atomic mass is 19.1. The van der Waals surface area contributed by atoms with Gasteiger partial charge in [0.25, 0.3) is 0 Å². The average molecular weight is 249 g/mol. The summed E-state index contributed by atoms with van der Waals surface area (Å²) in [6, 6.07) is 3.92. The van der Waals surface area contributed by atoms with Crippen molar-refractivity contribution >= 4 is 11.5 Å². The molecule has 2 aromatic rings. The second-order valence-corrected chi connectivity index (χ2v) is 3.75. The number of benzene rings is 1. The summed E-state index contributed by atoms with van der Waals surface area (Å²) in [7, 11) is 3.06. The summed E-state index contributed by atoms with van der Waals surface area (Å²) in [6.07, 6.45) is 1.43. The van der Waals surface area contributed by atoms with Crippen molar-refractivity contribution in [2.75, 3.05) is 12.8 Å². The van der Waals surface area contributed by atoms with E-state index in [1.54, 1.807) is 7.05 Å². The van der Waals surface area contributed by atoms with Crippen molar-refractivity contribution in [1.82, 2.24) is 9.78 Å². The summed E-state index contributed by atoms with van der Waals surface area (Å²) < 4.78 is 19.8. The van der Waals surface area contributed by atoms with E-state index < -0.39 is 5.82 Å². The van der Waals surface area contributed by atoms with E-state index in [2.05, 4.69) is 5.10 Å². The van der Waals surface area contributed by atoms with Crippen LogP contribution < -0.4 is 10.5 Å². The molecule has 1 aromatic heterocycles. The number of rotatable bonds is 3. The lowest BCUT2D eigenvalue weighted by Gasteiger charge is -2.05. The topological polar surface area (TPSA) is 70.1 Å². The molecule has 0 aliphatic carbocycles. The lowest BCUT2D eigenvalue weighted by molar-refractivity contribution is 0.102. The molecule has 0 bridgehead atoms. The molecule has 1 aromatic carbocycles. The molecular formula is C12H12FN3O2. The Hall–Kier alpha value is -2.37. The van der Waals surface area contributed by atoms with Crippen LogP contribution in [0.25, 0.3) is 0 Å². The number of methoxy groups -OCH3 is 1. The van der Waals surface area contributed by atoms with Gasteiger partial charge >= 0.3 is 0 Å². The van der Waals surface area contributed by atoms with Gasteiger partial charge in [0.15, 0.2) is 11.4 Å². The van der Waals surface area contributed by atoms with E-state index in [0.29, 0.717) is 5.75 Å². The van der Waals surface area contributed by atoms with Gasteiger partial charge in [-0.3, -0.25) is 9.48 Å². The third-order valence-electron chi connectivity index (χ3n) is 2.60. The minimum Gasteiger partial charge on any atom is -0.493 e. The first-order chi connectivity index (χ1) is 8.54. The molecule has 0 saturated carbocycles. The number of hydrogen-bond donors (Lipinski definition) is 1. The zero-order valence-corrected chi connectivity index (χ0v) is 9.98. The van der Waals surface area contributed by atoms with E-state index in [-0.39, 0.29) is 22.7 Å². The zero-order chi connectivity index (χ0) is 13.3. The van der Waals surface area contributed by atoms with Gasteiger partial charge in [0.05, 0.1) is 19.0 Å². The maximum absolute atomic E-state index is 13.3. The molecule has 2 rings (SSSR count). The Morgan fingerprint density at radius 3 is 2.83 bits per heavy atom. The number of halogens is 1. The molecule has 0 amide bonds. The lowest BCUT2D eigenvalue weighted by atomic mass is 10.1. The van der Waals surface area contributed by atoms with Crippen LogP contribution in [0, 0.1) is 5.82 Å². The fraction of sp³-hybridized carbons (Fsp3) is 0.167. The van der Waals surface area contributed by atoms with Crippen molar-refractivity contribution in [3.05, 3.63) is 41.5 Å². The van der Waals surface area contributed by atoms with E-state index in [1.165, 1.54) is 30.1 Å². The summed E-state index contributed by atoms with van der Waals surface area (Å²) >= 11 is 0. The van der Waals surface area contributed by atoms with Crippen molar-refractivity contribution in [1.29, 1.82) is 0 Å². The van der Waals surface area contributed by atoms with Crippen LogP contribution >= 0.6 is 0 Å². The second kappa shape index (κ2) is 4.48. The molecule has 18 heavy (non-hydrogen) atoms. The van der Waals surface area contributed by atoms with Crippen molar-refractivity contribution in [3.63, 3.8) is 0 Å². The smallest absolute Gasteiger partial charge is 0.214 e. The van der Waals surface area contributed by atoms with Gasteiger partial charge in [0.1, 0.15) is 5.82 Å². The van der Waals surface area contributed by atoms with Gasteiger partial charge in [-0.15, -0.1) is 0 Å². The van der Waals surface area contributed by atoms with E-state index in [0.717, 1.165) is 6.07 Å². The minimum absolute atomic E-state index is 0.00326. The van der Waals surface area contributed by atoms with E-state index in [4.69, 9.17) is 10.5 Å². The highest BCUT2D eigenvalue weighted by molar-refractivity contribution is 6.09. The van der Waals surface area contributed by atoms with Crippen LogP contribution in [0.2, 0.25) is 0 Å². The predicted molar refractivity (Wildman–Crippen MR) is 64.0 cm³/mol. The van der Waals surface area contributed by atoms with E-state index in [1.807, 2.05) is 0 Å². The minimum atomic E-state index is -0.623. The maximum Gasteiger partial charge on any atom is 0.214 e. The van der Waals surface area contributed by atoms with Gasteiger partial charge in [-0.25, -0.2) is 4.39 Å². The SMILES string of the molecule is COc1cnn(C)c1C(=O)c1ccc(N)c(F)c1. The quantitative estimate of drug-likeness (QED) is 0.659. The number of aryl methyl sites for hydroxylation is 1. The number of anilines is 1. The Balaban J connectivity index is 2.47. The Kier molecular flexibility index (Phi) is 3.01. The maximum atomic E-state index is 13.3. The van der Waals surface area contributed by atoms with Crippen molar-refractivity contribution < 1.29 is 13.9 Å². The number of carbonyl (C=O) groups is 1. The fourth-order valence-corrected chi connectivity index (χ4v) is 1.63. The lowest BCUT2D eigenvalue weighted by Crippen LogP contribution is -2.10. The van der Waals surface area contributed by atoms with Gasteiger partial charge in [0.2, 0.25) is 5.78 Å². The van der Waals surface area contributed by atoms with E-state index >= 15 is 0 Å². The number of carbonyl (C=O) groups excluding carboxylic acids is 1. The summed E-state index contributed by atoms with van der Waals surface area (Å²) in [6.45, 7) is 0. The molecule has 6 heteroatoms. The molecule has 0 atom stereocenters. The Labute approximate surface area is 103 Å². The second-order valence-electron chi connectivity index (χ2n) is 3.75. The van der Waals surface area contributed by atoms with Crippen LogP contribution in [0.15, 0.2) is 24.4 Å². The van der Waals surface area contributed by atoms with Crippen molar-refractivity contribution in [2.24, 2.45) is 7.05 Å². The summed E-state index contributed by atoms with van der Waals surface area (Å²) in [5.74, 6) is -0.646. The molecule has 0 unspecified atom stereocenters. The molecule has 1 heterocycles. The molecule has 0 spiro atoms. The Morgan fingerprint density at radius 2 is 2.22 bits per heavy atom. The van der Waals surface area contributed by atoms with Gasteiger partial charge in [-0.1, -0.05) is 0 Å². The van der Waals surface area contributed by atoms with Crippen LogP contribution in [0.1, 0.15) is 16.1 Å². The van der Waals surface area contributed by atoms with Crippen LogP contribution in [0.3, 0.4) is 0 Å². The molecule has 0 radical (unpaired) electrons. The standard InChI is InChI=1S/C12H12FN3O2/c1-16-11(10(18-2)6-15-16)12(17)7-3-4-9(14)8(13)5-7/h3-6H,14H2,1-2H3. The molecule has 94 valence electrons. The summed E-state index contributed by atoms with van der Waals surface area (Å²) in [5, 5.41) is 3.93. The largest absolute Gasteiger partial charge is 0.493 e. The zero-order valence-electron chi connectivity index (χ0n) is 9.98. The fourth-order valence-electron chi connectivity index (χ4n) is 1.63. The van der Waals surface area contributed by atoms with Crippen LogP contribution in [-0.4, -0.2) is 22.7 Å². The highest BCUT2D eigenvalue weighted by Crippen LogP contribution is 2.22. The van der Waals surface area contributed by atoms with Crippen LogP contribution in [-0.2, 0) is 7.05 Å². The molecular weight excluding hydrogens is 237 g/mol. The molecule has 5 nitrogen and oxygen atoms in total.